The summed E-state index contributed by atoms with van der Waals surface area (Å²) in [6.07, 6.45) is 4.86. The molecule has 5 heteroatoms. The van der Waals surface area contributed by atoms with Gasteiger partial charge in [0.15, 0.2) is 5.96 Å². The fourth-order valence-corrected chi connectivity index (χ4v) is 3.25. The Balaban J connectivity index is 2.30. The summed E-state index contributed by atoms with van der Waals surface area (Å²) in [6, 6.07) is 0.578. The van der Waals surface area contributed by atoms with Gasteiger partial charge in [-0.15, -0.1) is 0 Å². The summed E-state index contributed by atoms with van der Waals surface area (Å²) < 4.78 is 5.37. The molecule has 0 aromatic carbocycles. The number of aliphatic imine (C=N–C) groups is 1. The van der Waals surface area contributed by atoms with Crippen molar-refractivity contribution >= 4 is 5.96 Å². The Morgan fingerprint density at radius 2 is 1.92 bits per heavy atom. The van der Waals surface area contributed by atoms with E-state index in [1.165, 1.54) is 25.9 Å². The van der Waals surface area contributed by atoms with Crippen molar-refractivity contribution in [2.24, 2.45) is 16.8 Å². The minimum Gasteiger partial charge on any atom is -0.382 e. The van der Waals surface area contributed by atoms with Crippen molar-refractivity contribution in [2.75, 3.05) is 46.4 Å². The Kier molecular flexibility index (Phi) is 11.1. The SMILES string of the molecule is CCOCCCCNC(=NC)NCC(C(C)C)N1CCC(C)CC1. The minimum atomic E-state index is 0.578. The molecular formula is C19H40N4O. The van der Waals surface area contributed by atoms with E-state index in [4.69, 9.17) is 4.74 Å². The van der Waals surface area contributed by atoms with Crippen LogP contribution >= 0.6 is 0 Å². The Labute approximate surface area is 149 Å². The zero-order valence-corrected chi connectivity index (χ0v) is 16.6. The number of nitrogens with one attached hydrogen (secondary N) is 2. The quantitative estimate of drug-likeness (QED) is 0.365. The second kappa shape index (κ2) is 12.5. The largest absolute Gasteiger partial charge is 0.382 e. The molecule has 0 aromatic rings. The number of rotatable bonds is 10. The number of ether oxygens (including phenoxy) is 1. The number of unbranched alkanes of at least 4 members (excludes halogenated alkanes) is 1. The highest BCUT2D eigenvalue weighted by Gasteiger charge is 2.25. The Morgan fingerprint density at radius 1 is 1.21 bits per heavy atom. The molecule has 1 aliphatic rings. The molecule has 24 heavy (non-hydrogen) atoms. The van der Waals surface area contributed by atoms with E-state index in [-0.39, 0.29) is 0 Å². The molecule has 1 unspecified atom stereocenters. The van der Waals surface area contributed by atoms with Crippen molar-refractivity contribution in [1.82, 2.24) is 15.5 Å². The van der Waals surface area contributed by atoms with Crippen LogP contribution in [0.25, 0.3) is 0 Å². The molecule has 0 aliphatic carbocycles. The van der Waals surface area contributed by atoms with Crippen LogP contribution < -0.4 is 10.6 Å². The molecule has 0 aromatic heterocycles. The lowest BCUT2D eigenvalue weighted by molar-refractivity contribution is 0.110. The third kappa shape index (κ3) is 8.34. The van der Waals surface area contributed by atoms with Gasteiger partial charge in [0, 0.05) is 39.4 Å². The number of nitrogens with zero attached hydrogens (tertiary/aromatic N) is 2. The van der Waals surface area contributed by atoms with Crippen molar-refractivity contribution in [2.45, 2.75) is 59.4 Å². The van der Waals surface area contributed by atoms with Crippen molar-refractivity contribution in [3.8, 4) is 0 Å². The summed E-state index contributed by atoms with van der Waals surface area (Å²) in [5.74, 6) is 2.45. The van der Waals surface area contributed by atoms with Crippen LogP contribution in [0.1, 0.15) is 53.4 Å². The maximum absolute atomic E-state index is 5.37. The summed E-state index contributed by atoms with van der Waals surface area (Å²) in [6.45, 7) is 15.1. The number of hydrogen-bond acceptors (Lipinski definition) is 3. The van der Waals surface area contributed by atoms with Gasteiger partial charge in [-0.25, -0.2) is 0 Å². The monoisotopic (exact) mass is 340 g/mol. The third-order valence-electron chi connectivity index (χ3n) is 4.97. The van der Waals surface area contributed by atoms with Crippen LogP contribution in [0.4, 0.5) is 0 Å². The average Bonchev–Trinajstić information content (AvgIpc) is 2.57. The lowest BCUT2D eigenvalue weighted by Gasteiger charge is -2.39. The van der Waals surface area contributed by atoms with Crippen LogP contribution in [0.5, 0.6) is 0 Å². The molecular weight excluding hydrogens is 300 g/mol. The topological polar surface area (TPSA) is 48.9 Å². The summed E-state index contributed by atoms with van der Waals surface area (Å²) in [5, 5.41) is 6.94. The van der Waals surface area contributed by atoms with E-state index in [0.29, 0.717) is 12.0 Å². The van der Waals surface area contributed by atoms with Crippen LogP contribution in [0.3, 0.4) is 0 Å². The summed E-state index contributed by atoms with van der Waals surface area (Å²) in [7, 11) is 1.85. The van der Waals surface area contributed by atoms with Crippen molar-refractivity contribution < 1.29 is 4.74 Å². The molecule has 1 saturated heterocycles. The highest BCUT2D eigenvalue weighted by molar-refractivity contribution is 5.79. The molecule has 1 atom stereocenters. The summed E-state index contributed by atoms with van der Waals surface area (Å²) >= 11 is 0. The first kappa shape index (κ1) is 21.2. The summed E-state index contributed by atoms with van der Waals surface area (Å²) in [5.41, 5.74) is 0. The Bertz CT molecular complexity index is 338. The first-order chi connectivity index (χ1) is 11.6. The average molecular weight is 341 g/mol. The van der Waals surface area contributed by atoms with Crippen LogP contribution in [0.15, 0.2) is 4.99 Å². The predicted octanol–water partition coefficient (Wildman–Crippen LogP) is 2.72. The smallest absolute Gasteiger partial charge is 0.191 e. The molecule has 142 valence electrons. The molecule has 1 fully saturated rings. The fraction of sp³-hybridized carbons (Fsp3) is 0.947. The lowest BCUT2D eigenvalue weighted by atomic mass is 9.94. The van der Waals surface area contributed by atoms with Crippen LogP contribution in [0.2, 0.25) is 0 Å². The maximum atomic E-state index is 5.37. The Morgan fingerprint density at radius 3 is 2.50 bits per heavy atom. The van der Waals surface area contributed by atoms with Gasteiger partial charge in [-0.1, -0.05) is 20.8 Å². The predicted molar refractivity (Wildman–Crippen MR) is 104 cm³/mol. The molecule has 1 rings (SSSR count). The zero-order valence-electron chi connectivity index (χ0n) is 16.6. The highest BCUT2D eigenvalue weighted by Crippen LogP contribution is 2.20. The molecule has 1 heterocycles. The van der Waals surface area contributed by atoms with Crippen LogP contribution in [0, 0.1) is 11.8 Å². The zero-order chi connectivity index (χ0) is 17.8. The normalized spacial score (nSPS) is 18.8. The van der Waals surface area contributed by atoms with Gasteiger partial charge < -0.3 is 15.4 Å². The van der Waals surface area contributed by atoms with Crippen molar-refractivity contribution in [3.05, 3.63) is 0 Å². The Hall–Kier alpha value is -0.810. The minimum absolute atomic E-state index is 0.578. The van der Waals surface area contributed by atoms with Gasteiger partial charge in [0.05, 0.1) is 0 Å². The molecule has 0 spiro atoms. The van der Waals surface area contributed by atoms with E-state index < -0.39 is 0 Å². The standard InChI is InChI=1S/C19H40N4O/c1-6-24-14-8-7-11-21-19(20-5)22-15-18(16(2)3)23-12-9-17(4)10-13-23/h16-18H,6-15H2,1-5H3,(H2,20,21,22). The van der Waals surface area contributed by atoms with Crippen molar-refractivity contribution in [1.29, 1.82) is 0 Å². The number of likely N-dealkylation sites (tertiary alicyclic amines) is 1. The van der Waals surface area contributed by atoms with E-state index in [0.717, 1.165) is 51.0 Å². The van der Waals surface area contributed by atoms with E-state index in [1.807, 2.05) is 14.0 Å². The highest BCUT2D eigenvalue weighted by atomic mass is 16.5. The second-order valence-corrected chi connectivity index (χ2v) is 7.31. The van der Waals surface area contributed by atoms with Crippen LogP contribution in [-0.4, -0.2) is 63.3 Å². The van der Waals surface area contributed by atoms with E-state index in [2.05, 4.69) is 41.3 Å². The van der Waals surface area contributed by atoms with E-state index in [9.17, 15) is 0 Å². The first-order valence-corrected chi connectivity index (χ1v) is 9.84. The molecule has 0 radical (unpaired) electrons. The maximum Gasteiger partial charge on any atom is 0.191 e. The molecule has 0 saturated carbocycles. The number of piperidine rings is 1. The molecule has 0 amide bonds. The van der Waals surface area contributed by atoms with Gasteiger partial charge in [0.25, 0.3) is 0 Å². The lowest BCUT2D eigenvalue weighted by Crippen LogP contribution is -2.51. The van der Waals surface area contributed by atoms with E-state index >= 15 is 0 Å². The molecule has 0 bridgehead atoms. The van der Waals surface area contributed by atoms with Gasteiger partial charge in [-0.05, 0) is 57.5 Å². The molecule has 1 aliphatic heterocycles. The number of hydrogen-bond donors (Lipinski definition) is 2. The van der Waals surface area contributed by atoms with Gasteiger partial charge in [-0.3, -0.25) is 9.89 Å². The van der Waals surface area contributed by atoms with Gasteiger partial charge >= 0.3 is 0 Å². The third-order valence-corrected chi connectivity index (χ3v) is 4.97. The van der Waals surface area contributed by atoms with Gasteiger partial charge in [0.1, 0.15) is 0 Å². The summed E-state index contributed by atoms with van der Waals surface area (Å²) in [4.78, 5) is 7.01. The second-order valence-electron chi connectivity index (χ2n) is 7.31. The van der Waals surface area contributed by atoms with Gasteiger partial charge in [0.2, 0.25) is 0 Å². The van der Waals surface area contributed by atoms with Gasteiger partial charge in [-0.2, -0.15) is 0 Å². The van der Waals surface area contributed by atoms with Crippen LogP contribution in [-0.2, 0) is 4.74 Å². The fourth-order valence-electron chi connectivity index (χ4n) is 3.25. The molecule has 5 nitrogen and oxygen atoms in total. The molecule has 2 N–H and O–H groups in total. The first-order valence-electron chi connectivity index (χ1n) is 9.84. The van der Waals surface area contributed by atoms with Crippen molar-refractivity contribution in [3.63, 3.8) is 0 Å². The van der Waals surface area contributed by atoms with E-state index in [1.54, 1.807) is 0 Å². The number of guanidine groups is 1.